The quantitative estimate of drug-likeness (QED) is 0.584. The molecule has 6 nitrogen and oxygen atoms in total. The summed E-state index contributed by atoms with van der Waals surface area (Å²) in [6.45, 7) is 4.98. The highest BCUT2D eigenvalue weighted by atomic mass is 32.1. The number of hydroxylamine groups is 2. The minimum absolute atomic E-state index is 0.191. The average molecular weight is 424 g/mol. The van der Waals surface area contributed by atoms with E-state index in [1.807, 2.05) is 0 Å². The van der Waals surface area contributed by atoms with E-state index in [9.17, 15) is 18.8 Å². The maximum Gasteiger partial charge on any atom is 0.344 e. The Bertz CT molecular complexity index is 1170. The molecule has 2 heterocycles. The van der Waals surface area contributed by atoms with Crippen LogP contribution in [0.1, 0.15) is 45.8 Å². The summed E-state index contributed by atoms with van der Waals surface area (Å²) in [5.41, 5.74) is 1.07. The summed E-state index contributed by atoms with van der Waals surface area (Å²) in [5, 5.41) is 2.83. The standard InChI is InChI=1S/C22H17FN2O4S/c1-12-10-13(23)8-9-14(12)18-24-17(11-30-18)22(2,3)21(28)29-25-19(26)15-6-4-5-7-16(15)20(25)27/h4-11H,1-3H3. The number of carbonyl (C=O) groups is 3. The Morgan fingerprint density at radius 1 is 1.07 bits per heavy atom. The van der Waals surface area contributed by atoms with Crippen molar-refractivity contribution < 1.29 is 23.6 Å². The summed E-state index contributed by atoms with van der Waals surface area (Å²) in [4.78, 5) is 47.5. The van der Waals surface area contributed by atoms with Gasteiger partial charge in [-0.2, -0.15) is 0 Å². The van der Waals surface area contributed by atoms with Crippen LogP contribution in [0.3, 0.4) is 0 Å². The molecule has 30 heavy (non-hydrogen) atoms. The van der Waals surface area contributed by atoms with Gasteiger partial charge in [-0.15, -0.1) is 11.3 Å². The lowest BCUT2D eigenvalue weighted by Gasteiger charge is -2.22. The van der Waals surface area contributed by atoms with Crippen molar-refractivity contribution >= 4 is 29.1 Å². The van der Waals surface area contributed by atoms with E-state index in [0.29, 0.717) is 15.8 Å². The van der Waals surface area contributed by atoms with Crippen molar-refractivity contribution in [3.8, 4) is 10.6 Å². The van der Waals surface area contributed by atoms with E-state index in [4.69, 9.17) is 4.84 Å². The molecule has 0 spiro atoms. The number of imide groups is 1. The van der Waals surface area contributed by atoms with Crippen LogP contribution in [-0.2, 0) is 15.0 Å². The highest BCUT2D eigenvalue weighted by Crippen LogP contribution is 2.33. The molecule has 0 atom stereocenters. The Kier molecular flexibility index (Phi) is 4.74. The van der Waals surface area contributed by atoms with E-state index in [-0.39, 0.29) is 16.9 Å². The Hall–Kier alpha value is -3.39. The van der Waals surface area contributed by atoms with Gasteiger partial charge in [0.1, 0.15) is 16.2 Å². The van der Waals surface area contributed by atoms with Gasteiger partial charge < -0.3 is 4.84 Å². The number of hydrogen-bond donors (Lipinski definition) is 0. The van der Waals surface area contributed by atoms with Crippen LogP contribution in [0.4, 0.5) is 4.39 Å². The van der Waals surface area contributed by atoms with Crippen molar-refractivity contribution in [1.82, 2.24) is 10.0 Å². The van der Waals surface area contributed by atoms with Gasteiger partial charge >= 0.3 is 5.97 Å². The summed E-state index contributed by atoms with van der Waals surface area (Å²) in [7, 11) is 0. The van der Waals surface area contributed by atoms with Crippen molar-refractivity contribution in [2.45, 2.75) is 26.2 Å². The molecule has 2 amide bonds. The van der Waals surface area contributed by atoms with Gasteiger partial charge in [-0.05, 0) is 56.7 Å². The number of carbonyl (C=O) groups excluding carboxylic acids is 3. The third kappa shape index (κ3) is 3.19. The number of rotatable bonds is 4. The summed E-state index contributed by atoms with van der Waals surface area (Å²) in [6, 6.07) is 10.7. The van der Waals surface area contributed by atoms with Crippen molar-refractivity contribution in [3.05, 3.63) is 76.0 Å². The third-order valence-electron chi connectivity index (χ3n) is 5.00. The zero-order valence-electron chi connectivity index (χ0n) is 16.4. The normalized spacial score (nSPS) is 13.5. The molecule has 3 aromatic rings. The monoisotopic (exact) mass is 424 g/mol. The lowest BCUT2D eigenvalue weighted by molar-refractivity contribution is -0.174. The van der Waals surface area contributed by atoms with Crippen molar-refractivity contribution in [1.29, 1.82) is 0 Å². The fraction of sp³-hybridized carbons (Fsp3) is 0.182. The minimum Gasteiger partial charge on any atom is -0.329 e. The number of fused-ring (bicyclic) bond motifs is 1. The molecule has 4 rings (SSSR count). The topological polar surface area (TPSA) is 76.6 Å². The van der Waals surface area contributed by atoms with Crippen LogP contribution >= 0.6 is 11.3 Å². The zero-order valence-corrected chi connectivity index (χ0v) is 17.2. The van der Waals surface area contributed by atoms with Gasteiger partial charge in [-0.25, -0.2) is 14.2 Å². The Morgan fingerprint density at radius 3 is 2.30 bits per heavy atom. The van der Waals surface area contributed by atoms with E-state index < -0.39 is 23.2 Å². The highest BCUT2D eigenvalue weighted by Gasteiger charge is 2.43. The summed E-state index contributed by atoms with van der Waals surface area (Å²) in [6.07, 6.45) is 0. The predicted octanol–water partition coefficient (Wildman–Crippen LogP) is 4.29. The maximum absolute atomic E-state index is 13.4. The number of halogens is 1. The SMILES string of the molecule is Cc1cc(F)ccc1-c1nc(C(C)(C)C(=O)ON2C(=O)c3ccccc3C2=O)cs1. The number of nitrogens with zero attached hydrogens (tertiary/aromatic N) is 2. The first-order valence-electron chi connectivity index (χ1n) is 9.13. The number of benzene rings is 2. The fourth-order valence-electron chi connectivity index (χ4n) is 3.10. The van der Waals surface area contributed by atoms with Crippen molar-refractivity contribution in [3.63, 3.8) is 0 Å². The molecule has 0 radical (unpaired) electrons. The Labute approximate surface area is 175 Å². The van der Waals surface area contributed by atoms with Crippen LogP contribution in [0.15, 0.2) is 47.8 Å². The largest absolute Gasteiger partial charge is 0.344 e. The van der Waals surface area contributed by atoms with Gasteiger partial charge in [0.15, 0.2) is 0 Å². The first-order chi connectivity index (χ1) is 14.2. The zero-order chi connectivity index (χ0) is 21.6. The molecule has 0 N–H and O–H groups in total. The lowest BCUT2D eigenvalue weighted by Crippen LogP contribution is -2.40. The predicted molar refractivity (Wildman–Crippen MR) is 108 cm³/mol. The molecular formula is C22H17FN2O4S. The smallest absolute Gasteiger partial charge is 0.329 e. The summed E-state index contributed by atoms with van der Waals surface area (Å²) >= 11 is 1.31. The van der Waals surface area contributed by atoms with Gasteiger partial charge in [0.2, 0.25) is 0 Å². The van der Waals surface area contributed by atoms with E-state index in [1.165, 1.54) is 35.6 Å². The molecule has 152 valence electrons. The number of amides is 2. The van der Waals surface area contributed by atoms with Crippen LogP contribution in [0.5, 0.6) is 0 Å². The first kappa shape index (κ1) is 19.9. The summed E-state index contributed by atoms with van der Waals surface area (Å²) in [5.74, 6) is -2.48. The molecule has 1 aromatic heterocycles. The molecule has 2 aromatic carbocycles. The molecule has 0 fully saturated rings. The first-order valence-corrected chi connectivity index (χ1v) is 10.0. The maximum atomic E-state index is 13.4. The summed E-state index contributed by atoms with van der Waals surface area (Å²) < 4.78 is 13.4. The molecule has 1 aliphatic heterocycles. The molecule has 0 unspecified atom stereocenters. The van der Waals surface area contributed by atoms with Crippen LogP contribution in [0.25, 0.3) is 10.6 Å². The van der Waals surface area contributed by atoms with E-state index in [2.05, 4.69) is 4.98 Å². The van der Waals surface area contributed by atoms with E-state index in [1.54, 1.807) is 44.4 Å². The molecule has 0 aliphatic carbocycles. The second-order valence-corrected chi connectivity index (χ2v) is 8.31. The van der Waals surface area contributed by atoms with E-state index >= 15 is 0 Å². The molecular weight excluding hydrogens is 407 g/mol. The van der Waals surface area contributed by atoms with E-state index in [0.717, 1.165) is 11.1 Å². The third-order valence-corrected chi connectivity index (χ3v) is 5.88. The van der Waals surface area contributed by atoms with Gasteiger partial charge in [-0.1, -0.05) is 17.2 Å². The molecule has 1 aliphatic rings. The minimum atomic E-state index is -1.22. The second kappa shape index (κ2) is 7.14. The number of hydrogen-bond acceptors (Lipinski definition) is 6. The number of thiazole rings is 1. The van der Waals surface area contributed by atoms with Gasteiger partial charge in [0.05, 0.1) is 16.8 Å². The second-order valence-electron chi connectivity index (χ2n) is 7.45. The highest BCUT2D eigenvalue weighted by molar-refractivity contribution is 7.13. The van der Waals surface area contributed by atoms with Crippen LogP contribution in [0, 0.1) is 12.7 Å². The van der Waals surface area contributed by atoms with Crippen LogP contribution in [-0.4, -0.2) is 27.8 Å². The average Bonchev–Trinajstić information content (AvgIpc) is 3.29. The molecule has 0 saturated heterocycles. The van der Waals surface area contributed by atoms with Crippen molar-refractivity contribution in [2.75, 3.05) is 0 Å². The molecule has 0 saturated carbocycles. The Morgan fingerprint density at radius 2 is 1.70 bits per heavy atom. The molecule has 8 heteroatoms. The lowest BCUT2D eigenvalue weighted by atomic mass is 9.90. The van der Waals surface area contributed by atoms with Gasteiger partial charge in [-0.3, -0.25) is 9.59 Å². The van der Waals surface area contributed by atoms with Crippen LogP contribution in [0.2, 0.25) is 0 Å². The number of aromatic nitrogens is 1. The molecule has 0 bridgehead atoms. The number of aryl methyl sites for hydroxylation is 1. The van der Waals surface area contributed by atoms with Crippen LogP contribution < -0.4 is 0 Å². The fourth-order valence-corrected chi connectivity index (χ4v) is 4.18. The van der Waals surface area contributed by atoms with Gasteiger partial charge in [0, 0.05) is 10.9 Å². The Balaban J connectivity index is 1.57. The van der Waals surface area contributed by atoms with Crippen molar-refractivity contribution in [2.24, 2.45) is 0 Å². The van der Waals surface area contributed by atoms with Gasteiger partial charge in [0.25, 0.3) is 11.8 Å².